The molecule has 1 aliphatic carbocycles. The summed E-state index contributed by atoms with van der Waals surface area (Å²) in [5.41, 5.74) is 1.24. The number of hydrogen-bond donors (Lipinski definition) is 0. The Bertz CT molecular complexity index is 640. The summed E-state index contributed by atoms with van der Waals surface area (Å²) in [6, 6.07) is 2.07. The second-order valence-corrected chi connectivity index (χ2v) is 8.68. The van der Waals surface area contributed by atoms with Gasteiger partial charge in [-0.3, -0.25) is 19.3 Å². The van der Waals surface area contributed by atoms with Gasteiger partial charge < -0.3 is 4.90 Å². The second kappa shape index (κ2) is 7.31. The minimum Gasteiger partial charge on any atom is -0.342 e. The van der Waals surface area contributed by atoms with E-state index in [0.717, 1.165) is 70.3 Å². The Morgan fingerprint density at radius 1 is 1.19 bits per heavy atom. The van der Waals surface area contributed by atoms with Crippen LogP contribution in [-0.2, 0) is 11.3 Å². The van der Waals surface area contributed by atoms with E-state index < -0.39 is 0 Å². The van der Waals surface area contributed by atoms with Gasteiger partial charge in [-0.25, -0.2) is 0 Å². The summed E-state index contributed by atoms with van der Waals surface area (Å²) < 4.78 is 2.05. The summed E-state index contributed by atoms with van der Waals surface area (Å²) in [7, 11) is 2.26. The first-order valence-electron chi connectivity index (χ1n) is 10.3. The zero-order valence-corrected chi connectivity index (χ0v) is 16.4. The van der Waals surface area contributed by atoms with Crippen LogP contribution in [0.3, 0.4) is 0 Å². The van der Waals surface area contributed by atoms with Crippen molar-refractivity contribution in [1.29, 1.82) is 0 Å². The highest BCUT2D eigenvalue weighted by molar-refractivity contribution is 5.76. The summed E-state index contributed by atoms with van der Waals surface area (Å²) >= 11 is 0. The van der Waals surface area contributed by atoms with Crippen molar-refractivity contribution in [2.45, 2.75) is 51.1 Å². The van der Waals surface area contributed by atoms with Crippen LogP contribution in [0.5, 0.6) is 0 Å². The molecule has 6 nitrogen and oxygen atoms in total. The number of amides is 1. The Hall–Kier alpha value is -1.40. The van der Waals surface area contributed by atoms with Crippen LogP contribution >= 0.6 is 0 Å². The molecule has 2 saturated heterocycles. The SMILES string of the molecule is Cc1ccn(CCN2CCN(C)[C@@]3(CCC(=O)N(CC4CC4)CC3)C2)n1. The Balaban J connectivity index is 1.37. The maximum absolute atomic E-state index is 12.6. The molecule has 1 saturated carbocycles. The Morgan fingerprint density at radius 2 is 2.04 bits per heavy atom. The predicted molar refractivity (Wildman–Crippen MR) is 102 cm³/mol. The standard InChI is InChI=1S/C20H33N5O/c1-17-6-9-25(21-17)14-13-23-12-11-22(2)20(16-23)7-5-19(26)24(10-8-20)15-18-3-4-18/h6,9,18H,3-5,7-8,10-16H2,1-2H3/t20-/m1/s1. The molecule has 0 aromatic carbocycles. The van der Waals surface area contributed by atoms with Crippen molar-refractivity contribution in [3.63, 3.8) is 0 Å². The zero-order valence-electron chi connectivity index (χ0n) is 16.4. The molecule has 1 amide bonds. The number of aryl methyl sites for hydroxylation is 1. The van der Waals surface area contributed by atoms with Crippen LogP contribution in [0.1, 0.15) is 37.8 Å². The number of likely N-dealkylation sites (tertiary alicyclic amines) is 1. The Kier molecular flexibility index (Phi) is 5.06. The number of hydrogen-bond acceptors (Lipinski definition) is 4. The molecule has 1 aromatic rings. The van der Waals surface area contributed by atoms with Gasteiger partial charge in [0.05, 0.1) is 12.2 Å². The molecule has 2 aliphatic heterocycles. The van der Waals surface area contributed by atoms with Gasteiger partial charge in [-0.05, 0) is 51.6 Å². The molecule has 0 bridgehead atoms. The van der Waals surface area contributed by atoms with Crippen LogP contribution in [0, 0.1) is 12.8 Å². The monoisotopic (exact) mass is 359 g/mol. The lowest BCUT2D eigenvalue weighted by Gasteiger charge is -2.49. The topological polar surface area (TPSA) is 44.6 Å². The number of likely N-dealkylation sites (N-methyl/N-ethyl adjacent to an activating group) is 1. The molecule has 144 valence electrons. The third kappa shape index (κ3) is 3.96. The molecule has 3 aliphatic rings. The van der Waals surface area contributed by atoms with Crippen LogP contribution in [0.25, 0.3) is 0 Å². The smallest absolute Gasteiger partial charge is 0.222 e. The van der Waals surface area contributed by atoms with Crippen LogP contribution in [-0.4, -0.2) is 82.2 Å². The molecule has 0 N–H and O–H groups in total. The highest BCUT2D eigenvalue weighted by atomic mass is 16.2. The third-order valence-electron chi connectivity index (χ3n) is 6.68. The molecule has 6 heteroatoms. The molecule has 3 fully saturated rings. The third-order valence-corrected chi connectivity index (χ3v) is 6.68. The summed E-state index contributed by atoms with van der Waals surface area (Å²) in [4.78, 5) is 19.9. The molecule has 26 heavy (non-hydrogen) atoms. The van der Waals surface area contributed by atoms with E-state index in [4.69, 9.17) is 0 Å². The number of carbonyl (C=O) groups is 1. The van der Waals surface area contributed by atoms with Crippen molar-refractivity contribution >= 4 is 5.91 Å². The molecule has 1 spiro atoms. The molecular formula is C20H33N5O. The highest BCUT2D eigenvalue weighted by Crippen LogP contribution is 2.35. The van der Waals surface area contributed by atoms with Crippen molar-refractivity contribution in [3.05, 3.63) is 18.0 Å². The van der Waals surface area contributed by atoms with E-state index in [1.165, 1.54) is 12.8 Å². The molecule has 3 heterocycles. The van der Waals surface area contributed by atoms with E-state index in [-0.39, 0.29) is 5.54 Å². The molecule has 1 aromatic heterocycles. The lowest BCUT2D eigenvalue weighted by molar-refractivity contribution is -0.131. The number of aromatic nitrogens is 2. The number of carbonyl (C=O) groups excluding carboxylic acids is 1. The van der Waals surface area contributed by atoms with Crippen molar-refractivity contribution < 1.29 is 4.79 Å². The van der Waals surface area contributed by atoms with Crippen molar-refractivity contribution in [1.82, 2.24) is 24.5 Å². The van der Waals surface area contributed by atoms with Crippen molar-refractivity contribution in [3.8, 4) is 0 Å². The second-order valence-electron chi connectivity index (χ2n) is 8.68. The van der Waals surface area contributed by atoms with Gasteiger partial charge in [-0.15, -0.1) is 0 Å². The van der Waals surface area contributed by atoms with Crippen molar-refractivity contribution in [2.75, 3.05) is 46.3 Å². The first-order chi connectivity index (χ1) is 12.5. The van der Waals surface area contributed by atoms with Crippen LogP contribution in [0.2, 0.25) is 0 Å². The largest absolute Gasteiger partial charge is 0.342 e. The first-order valence-corrected chi connectivity index (χ1v) is 10.3. The molecular weight excluding hydrogens is 326 g/mol. The minimum atomic E-state index is 0.159. The van der Waals surface area contributed by atoms with E-state index in [1.807, 2.05) is 11.6 Å². The lowest BCUT2D eigenvalue weighted by Crippen LogP contribution is -2.61. The van der Waals surface area contributed by atoms with Crippen LogP contribution < -0.4 is 0 Å². The van der Waals surface area contributed by atoms with E-state index in [2.05, 4.69) is 39.1 Å². The lowest BCUT2D eigenvalue weighted by atomic mass is 9.86. The van der Waals surface area contributed by atoms with Gasteiger partial charge in [0.2, 0.25) is 5.91 Å². The normalized spacial score (nSPS) is 28.7. The summed E-state index contributed by atoms with van der Waals surface area (Å²) in [6.07, 6.45) is 7.52. The summed E-state index contributed by atoms with van der Waals surface area (Å²) in [5, 5.41) is 4.51. The van der Waals surface area contributed by atoms with Gasteiger partial charge in [0.25, 0.3) is 0 Å². The van der Waals surface area contributed by atoms with Crippen LogP contribution in [0.15, 0.2) is 12.3 Å². The van der Waals surface area contributed by atoms with E-state index >= 15 is 0 Å². The zero-order chi connectivity index (χ0) is 18.1. The minimum absolute atomic E-state index is 0.159. The van der Waals surface area contributed by atoms with Gasteiger partial charge in [-0.1, -0.05) is 0 Å². The average molecular weight is 360 g/mol. The van der Waals surface area contributed by atoms with E-state index in [0.29, 0.717) is 12.3 Å². The maximum Gasteiger partial charge on any atom is 0.222 e. The predicted octanol–water partition coefficient (Wildman–Crippen LogP) is 1.60. The average Bonchev–Trinajstić information content (AvgIpc) is 3.38. The van der Waals surface area contributed by atoms with Gasteiger partial charge in [-0.2, -0.15) is 5.10 Å². The number of rotatable bonds is 5. The van der Waals surface area contributed by atoms with Gasteiger partial charge in [0.15, 0.2) is 0 Å². The summed E-state index contributed by atoms with van der Waals surface area (Å²) in [6.45, 7) is 9.24. The molecule has 1 atom stereocenters. The van der Waals surface area contributed by atoms with Gasteiger partial charge in [0.1, 0.15) is 0 Å². The summed E-state index contributed by atoms with van der Waals surface area (Å²) in [5.74, 6) is 1.16. The quantitative estimate of drug-likeness (QED) is 0.801. The fourth-order valence-electron chi connectivity index (χ4n) is 4.60. The van der Waals surface area contributed by atoms with E-state index in [1.54, 1.807) is 0 Å². The Morgan fingerprint density at radius 3 is 2.77 bits per heavy atom. The molecule has 0 unspecified atom stereocenters. The fraction of sp³-hybridized carbons (Fsp3) is 0.800. The Labute approximate surface area is 157 Å². The van der Waals surface area contributed by atoms with E-state index in [9.17, 15) is 4.79 Å². The maximum atomic E-state index is 12.6. The van der Waals surface area contributed by atoms with Crippen molar-refractivity contribution in [2.24, 2.45) is 5.92 Å². The highest BCUT2D eigenvalue weighted by Gasteiger charge is 2.42. The van der Waals surface area contributed by atoms with Crippen LogP contribution in [0.4, 0.5) is 0 Å². The molecule has 0 radical (unpaired) electrons. The number of nitrogens with zero attached hydrogens (tertiary/aromatic N) is 5. The van der Waals surface area contributed by atoms with Gasteiger partial charge in [0, 0.05) is 57.4 Å². The first kappa shape index (κ1) is 18.0. The number of piperazine rings is 1. The van der Waals surface area contributed by atoms with Gasteiger partial charge >= 0.3 is 0 Å². The molecule has 4 rings (SSSR count). The fourth-order valence-corrected chi connectivity index (χ4v) is 4.60.